The highest BCUT2D eigenvalue weighted by molar-refractivity contribution is 5.89. The molecular weight excluding hydrogens is 275 g/mol. The SMILES string of the molecule is O=C(O)c1c(OC2CCCC2)cnn1-c1ccc(F)cc1. The number of carboxylic acids is 1. The normalized spacial score (nSPS) is 15.3. The third kappa shape index (κ3) is 2.74. The van der Waals surface area contributed by atoms with Crippen LogP contribution >= 0.6 is 0 Å². The molecule has 1 N–H and O–H groups in total. The summed E-state index contributed by atoms with van der Waals surface area (Å²) in [6.45, 7) is 0. The number of hydrogen-bond donors (Lipinski definition) is 1. The van der Waals surface area contributed by atoms with Gasteiger partial charge >= 0.3 is 5.97 Å². The van der Waals surface area contributed by atoms with Gasteiger partial charge in [0.2, 0.25) is 0 Å². The predicted octanol–water partition coefficient (Wildman–Crippen LogP) is 3.03. The Morgan fingerprint density at radius 2 is 1.95 bits per heavy atom. The fraction of sp³-hybridized carbons (Fsp3) is 0.333. The van der Waals surface area contributed by atoms with Crippen molar-refractivity contribution < 1.29 is 19.0 Å². The van der Waals surface area contributed by atoms with Gasteiger partial charge in [-0.05, 0) is 49.9 Å². The van der Waals surface area contributed by atoms with E-state index < -0.39 is 5.97 Å². The number of aromatic nitrogens is 2. The van der Waals surface area contributed by atoms with Gasteiger partial charge in [0.25, 0.3) is 0 Å². The summed E-state index contributed by atoms with van der Waals surface area (Å²) in [7, 11) is 0. The van der Waals surface area contributed by atoms with Crippen LogP contribution in [0.1, 0.15) is 36.2 Å². The number of aromatic carboxylic acids is 1. The van der Waals surface area contributed by atoms with E-state index in [1.54, 1.807) is 0 Å². The first-order chi connectivity index (χ1) is 10.1. The van der Waals surface area contributed by atoms with Crippen molar-refractivity contribution in [1.29, 1.82) is 0 Å². The molecule has 1 fully saturated rings. The zero-order valence-corrected chi connectivity index (χ0v) is 11.3. The molecule has 6 heteroatoms. The quantitative estimate of drug-likeness (QED) is 0.940. The predicted molar refractivity (Wildman–Crippen MR) is 73.4 cm³/mol. The zero-order valence-electron chi connectivity index (χ0n) is 11.3. The van der Waals surface area contributed by atoms with Gasteiger partial charge in [-0.25, -0.2) is 13.9 Å². The molecule has 0 radical (unpaired) electrons. The van der Waals surface area contributed by atoms with E-state index in [0.717, 1.165) is 25.7 Å². The van der Waals surface area contributed by atoms with Crippen LogP contribution in [0.5, 0.6) is 5.75 Å². The molecule has 1 aromatic carbocycles. The molecule has 1 aliphatic carbocycles. The van der Waals surface area contributed by atoms with Gasteiger partial charge < -0.3 is 9.84 Å². The van der Waals surface area contributed by atoms with Crippen molar-refractivity contribution in [3.05, 3.63) is 42.0 Å². The maximum atomic E-state index is 13.0. The summed E-state index contributed by atoms with van der Waals surface area (Å²) in [6.07, 6.45) is 5.51. The van der Waals surface area contributed by atoms with Crippen LogP contribution in [0.2, 0.25) is 0 Å². The van der Waals surface area contributed by atoms with Gasteiger partial charge in [-0.1, -0.05) is 0 Å². The van der Waals surface area contributed by atoms with Crippen LogP contribution in [-0.4, -0.2) is 27.0 Å². The van der Waals surface area contributed by atoms with E-state index in [4.69, 9.17) is 4.74 Å². The van der Waals surface area contributed by atoms with Crippen molar-refractivity contribution in [2.24, 2.45) is 0 Å². The van der Waals surface area contributed by atoms with Crippen molar-refractivity contribution in [2.45, 2.75) is 31.8 Å². The molecule has 110 valence electrons. The van der Waals surface area contributed by atoms with Crippen LogP contribution < -0.4 is 4.74 Å². The number of benzene rings is 1. The summed E-state index contributed by atoms with van der Waals surface area (Å²) < 4.78 is 20.0. The second-order valence-corrected chi connectivity index (χ2v) is 5.08. The molecule has 0 amide bonds. The molecule has 1 aromatic heterocycles. The highest BCUT2D eigenvalue weighted by atomic mass is 19.1. The average molecular weight is 290 g/mol. The minimum Gasteiger partial charge on any atom is -0.486 e. The summed E-state index contributed by atoms with van der Waals surface area (Å²) in [5, 5.41) is 13.5. The largest absolute Gasteiger partial charge is 0.486 e. The molecule has 2 aromatic rings. The number of carboxylic acid groups (broad SMARTS) is 1. The molecule has 0 aliphatic heterocycles. The lowest BCUT2D eigenvalue weighted by Crippen LogP contribution is -2.15. The van der Waals surface area contributed by atoms with Gasteiger partial charge in [0.15, 0.2) is 11.4 Å². The molecular formula is C15H15FN2O3. The Kier molecular flexibility index (Phi) is 3.60. The molecule has 0 atom stereocenters. The fourth-order valence-electron chi connectivity index (χ4n) is 2.58. The number of hydrogen-bond acceptors (Lipinski definition) is 3. The Balaban J connectivity index is 1.95. The standard InChI is InChI=1S/C15H15FN2O3/c16-10-5-7-11(8-6-10)18-14(15(19)20)13(9-17-18)21-12-3-1-2-4-12/h5-9,12H,1-4H2,(H,19,20). The van der Waals surface area contributed by atoms with Gasteiger partial charge in [-0.2, -0.15) is 5.10 Å². The maximum absolute atomic E-state index is 13.0. The van der Waals surface area contributed by atoms with Crippen molar-refractivity contribution in [3.8, 4) is 11.4 Å². The van der Waals surface area contributed by atoms with E-state index in [-0.39, 0.29) is 23.4 Å². The highest BCUT2D eigenvalue weighted by Crippen LogP contribution is 2.28. The van der Waals surface area contributed by atoms with Gasteiger partial charge in [-0.15, -0.1) is 0 Å². The van der Waals surface area contributed by atoms with Gasteiger partial charge in [0, 0.05) is 0 Å². The summed E-state index contributed by atoms with van der Waals surface area (Å²) in [6, 6.07) is 5.49. The van der Waals surface area contributed by atoms with E-state index in [0.29, 0.717) is 5.69 Å². The van der Waals surface area contributed by atoms with E-state index in [1.807, 2.05) is 0 Å². The molecule has 0 saturated heterocycles. The molecule has 5 nitrogen and oxygen atoms in total. The second kappa shape index (κ2) is 5.55. The number of ether oxygens (including phenoxy) is 1. The lowest BCUT2D eigenvalue weighted by atomic mass is 10.3. The fourth-order valence-corrected chi connectivity index (χ4v) is 2.58. The van der Waals surface area contributed by atoms with Crippen LogP contribution in [0.3, 0.4) is 0 Å². The number of carbonyl (C=O) groups is 1. The number of halogens is 1. The summed E-state index contributed by atoms with van der Waals surface area (Å²) in [5.74, 6) is -1.24. The van der Waals surface area contributed by atoms with Crippen LogP contribution in [0, 0.1) is 5.82 Å². The van der Waals surface area contributed by atoms with Crippen LogP contribution in [0.25, 0.3) is 5.69 Å². The van der Waals surface area contributed by atoms with E-state index in [2.05, 4.69) is 5.10 Å². The lowest BCUT2D eigenvalue weighted by Gasteiger charge is -2.12. The molecule has 3 rings (SSSR count). The first kappa shape index (κ1) is 13.6. The van der Waals surface area contributed by atoms with Gasteiger partial charge in [0.1, 0.15) is 5.82 Å². The third-order valence-corrected chi connectivity index (χ3v) is 3.61. The molecule has 1 saturated carbocycles. The Hall–Kier alpha value is -2.37. The first-order valence-corrected chi connectivity index (χ1v) is 6.89. The van der Waals surface area contributed by atoms with Crippen LogP contribution in [0.4, 0.5) is 4.39 Å². The van der Waals surface area contributed by atoms with E-state index in [9.17, 15) is 14.3 Å². The number of rotatable bonds is 4. The Labute approximate surface area is 121 Å². The molecule has 21 heavy (non-hydrogen) atoms. The van der Waals surface area contributed by atoms with E-state index in [1.165, 1.54) is 35.1 Å². The number of nitrogens with zero attached hydrogens (tertiary/aromatic N) is 2. The molecule has 0 bridgehead atoms. The van der Waals surface area contributed by atoms with Crippen molar-refractivity contribution in [2.75, 3.05) is 0 Å². The summed E-state index contributed by atoms with van der Waals surface area (Å²) >= 11 is 0. The Morgan fingerprint density at radius 3 is 2.57 bits per heavy atom. The topological polar surface area (TPSA) is 64.3 Å². The van der Waals surface area contributed by atoms with Crippen LogP contribution in [-0.2, 0) is 0 Å². The van der Waals surface area contributed by atoms with Crippen molar-refractivity contribution in [3.63, 3.8) is 0 Å². The first-order valence-electron chi connectivity index (χ1n) is 6.89. The van der Waals surface area contributed by atoms with Gasteiger partial charge in [0.05, 0.1) is 18.0 Å². The second-order valence-electron chi connectivity index (χ2n) is 5.08. The summed E-state index contributed by atoms with van der Waals surface area (Å²) in [4.78, 5) is 11.5. The third-order valence-electron chi connectivity index (χ3n) is 3.61. The van der Waals surface area contributed by atoms with Gasteiger partial charge in [-0.3, -0.25) is 0 Å². The Bertz CT molecular complexity index is 645. The average Bonchev–Trinajstić information content (AvgIpc) is 3.09. The van der Waals surface area contributed by atoms with Crippen molar-refractivity contribution in [1.82, 2.24) is 9.78 Å². The smallest absolute Gasteiger partial charge is 0.358 e. The summed E-state index contributed by atoms with van der Waals surface area (Å²) in [5.41, 5.74) is 0.448. The maximum Gasteiger partial charge on any atom is 0.358 e. The molecule has 0 spiro atoms. The lowest BCUT2D eigenvalue weighted by molar-refractivity contribution is 0.0679. The highest BCUT2D eigenvalue weighted by Gasteiger charge is 2.24. The minimum absolute atomic E-state index is 0.0338. The molecule has 0 unspecified atom stereocenters. The van der Waals surface area contributed by atoms with Crippen LogP contribution in [0.15, 0.2) is 30.5 Å². The monoisotopic (exact) mass is 290 g/mol. The van der Waals surface area contributed by atoms with Crippen molar-refractivity contribution >= 4 is 5.97 Å². The van der Waals surface area contributed by atoms with E-state index >= 15 is 0 Å². The minimum atomic E-state index is -1.12. The Morgan fingerprint density at radius 1 is 1.29 bits per heavy atom. The molecule has 1 aliphatic rings. The molecule has 1 heterocycles. The zero-order chi connectivity index (χ0) is 14.8.